The molecule has 5 nitrogen and oxygen atoms in total. The van der Waals surface area contributed by atoms with Crippen molar-refractivity contribution >= 4 is 11.6 Å². The first-order valence-electron chi connectivity index (χ1n) is 6.26. The van der Waals surface area contributed by atoms with Crippen LogP contribution in [0.2, 0.25) is 0 Å². The minimum Gasteiger partial charge on any atom is -0.322 e. The molecule has 2 N–H and O–H groups in total. The number of carbonyl (C=O) groups excluding carboxylic acids is 1. The third-order valence-electron chi connectivity index (χ3n) is 2.96. The van der Waals surface area contributed by atoms with Gasteiger partial charge in [-0.1, -0.05) is 12.1 Å². The van der Waals surface area contributed by atoms with Gasteiger partial charge in [0.25, 0.3) is 5.91 Å². The summed E-state index contributed by atoms with van der Waals surface area (Å²) in [5.41, 5.74) is 2.31. The van der Waals surface area contributed by atoms with Gasteiger partial charge in [0.15, 0.2) is 0 Å². The Morgan fingerprint density at radius 2 is 1.90 bits per heavy atom. The van der Waals surface area contributed by atoms with E-state index in [-0.39, 0.29) is 5.56 Å². The van der Waals surface area contributed by atoms with E-state index in [0.717, 1.165) is 11.3 Å². The maximum absolute atomic E-state index is 13.4. The van der Waals surface area contributed by atoms with E-state index in [4.69, 9.17) is 0 Å². The van der Waals surface area contributed by atoms with E-state index in [0.29, 0.717) is 5.69 Å². The van der Waals surface area contributed by atoms with Crippen LogP contribution in [0.3, 0.4) is 0 Å². The lowest BCUT2D eigenvalue weighted by molar-refractivity contribution is 0.102. The fourth-order valence-electron chi connectivity index (χ4n) is 1.90. The molecular weight excluding hydrogens is 271 g/mol. The third kappa shape index (κ3) is 2.79. The Morgan fingerprint density at radius 1 is 1.10 bits per heavy atom. The number of anilines is 1. The third-order valence-corrected chi connectivity index (χ3v) is 2.96. The SMILES string of the molecule is O=C(Nc1ccc(-c2ccn[nH]2)cc1)c1cccnc1F. The van der Waals surface area contributed by atoms with Crippen LogP contribution in [0, 0.1) is 5.95 Å². The van der Waals surface area contributed by atoms with Crippen molar-refractivity contribution in [2.75, 3.05) is 5.32 Å². The lowest BCUT2D eigenvalue weighted by Crippen LogP contribution is -2.14. The predicted octanol–water partition coefficient (Wildman–Crippen LogP) is 2.86. The Balaban J connectivity index is 1.77. The van der Waals surface area contributed by atoms with Crippen molar-refractivity contribution in [3.8, 4) is 11.3 Å². The Hall–Kier alpha value is -3.02. The summed E-state index contributed by atoms with van der Waals surface area (Å²) in [7, 11) is 0. The molecule has 104 valence electrons. The maximum atomic E-state index is 13.4. The second-order valence-electron chi connectivity index (χ2n) is 4.34. The van der Waals surface area contributed by atoms with Gasteiger partial charge in [0.1, 0.15) is 0 Å². The largest absolute Gasteiger partial charge is 0.322 e. The molecule has 0 unspecified atom stereocenters. The number of aromatic nitrogens is 3. The zero-order chi connectivity index (χ0) is 14.7. The van der Waals surface area contributed by atoms with Gasteiger partial charge in [-0.3, -0.25) is 9.89 Å². The second-order valence-corrected chi connectivity index (χ2v) is 4.34. The molecule has 0 saturated heterocycles. The standard InChI is InChI=1S/C15H11FN4O/c16-14-12(2-1-8-17-14)15(21)19-11-5-3-10(4-6-11)13-7-9-18-20-13/h1-9H,(H,18,20)(H,19,21). The predicted molar refractivity (Wildman–Crippen MR) is 76.2 cm³/mol. The van der Waals surface area contributed by atoms with Crippen LogP contribution in [0.5, 0.6) is 0 Å². The molecule has 0 saturated carbocycles. The smallest absolute Gasteiger partial charge is 0.260 e. The summed E-state index contributed by atoms with van der Waals surface area (Å²) in [6.07, 6.45) is 2.96. The molecule has 6 heteroatoms. The monoisotopic (exact) mass is 282 g/mol. The lowest BCUT2D eigenvalue weighted by atomic mass is 10.1. The van der Waals surface area contributed by atoms with E-state index >= 15 is 0 Å². The Labute approximate surface area is 119 Å². The number of hydrogen-bond acceptors (Lipinski definition) is 3. The number of nitrogens with one attached hydrogen (secondary N) is 2. The van der Waals surface area contributed by atoms with Crippen molar-refractivity contribution in [1.82, 2.24) is 15.2 Å². The molecule has 0 bridgehead atoms. The first kappa shape index (κ1) is 13.0. The van der Waals surface area contributed by atoms with E-state index in [2.05, 4.69) is 20.5 Å². The lowest BCUT2D eigenvalue weighted by Gasteiger charge is -2.06. The maximum Gasteiger partial charge on any atom is 0.260 e. The van der Waals surface area contributed by atoms with Crippen molar-refractivity contribution < 1.29 is 9.18 Å². The quantitative estimate of drug-likeness (QED) is 0.726. The number of H-pyrrole nitrogens is 1. The molecule has 21 heavy (non-hydrogen) atoms. The van der Waals surface area contributed by atoms with Crippen LogP contribution in [0.1, 0.15) is 10.4 Å². The summed E-state index contributed by atoms with van der Waals surface area (Å²) in [4.78, 5) is 15.4. The molecule has 0 aliphatic carbocycles. The number of pyridine rings is 1. The first-order chi connectivity index (χ1) is 10.2. The highest BCUT2D eigenvalue weighted by molar-refractivity contribution is 6.04. The molecule has 0 aliphatic heterocycles. The van der Waals surface area contributed by atoms with Gasteiger partial charge in [0.2, 0.25) is 5.95 Å². The van der Waals surface area contributed by atoms with Crippen LogP contribution in [-0.4, -0.2) is 21.1 Å². The molecule has 0 fully saturated rings. The molecular formula is C15H11FN4O. The number of amides is 1. The number of aromatic amines is 1. The van der Waals surface area contributed by atoms with Crippen LogP contribution in [0.15, 0.2) is 54.9 Å². The van der Waals surface area contributed by atoms with Gasteiger partial charge in [0, 0.05) is 18.1 Å². The summed E-state index contributed by atoms with van der Waals surface area (Å²) >= 11 is 0. The highest BCUT2D eigenvalue weighted by Crippen LogP contribution is 2.19. The average Bonchev–Trinajstić information content (AvgIpc) is 3.02. The molecule has 3 aromatic rings. The van der Waals surface area contributed by atoms with E-state index < -0.39 is 11.9 Å². The highest BCUT2D eigenvalue weighted by atomic mass is 19.1. The minimum atomic E-state index is -0.788. The van der Waals surface area contributed by atoms with E-state index in [9.17, 15) is 9.18 Å². The van der Waals surface area contributed by atoms with Crippen molar-refractivity contribution in [3.63, 3.8) is 0 Å². The van der Waals surface area contributed by atoms with E-state index in [1.807, 2.05) is 18.2 Å². The second kappa shape index (κ2) is 5.54. The molecule has 1 aromatic carbocycles. The zero-order valence-corrected chi connectivity index (χ0v) is 10.9. The number of hydrogen-bond donors (Lipinski definition) is 2. The summed E-state index contributed by atoms with van der Waals surface area (Å²) in [6.45, 7) is 0. The van der Waals surface area contributed by atoms with Crippen LogP contribution >= 0.6 is 0 Å². The topological polar surface area (TPSA) is 70.7 Å². The van der Waals surface area contributed by atoms with Gasteiger partial charge in [-0.15, -0.1) is 0 Å². The van der Waals surface area contributed by atoms with Gasteiger partial charge in [-0.05, 0) is 35.9 Å². The van der Waals surface area contributed by atoms with Gasteiger partial charge in [-0.25, -0.2) is 4.98 Å². The Bertz CT molecular complexity index is 754. The van der Waals surface area contributed by atoms with Crippen molar-refractivity contribution in [1.29, 1.82) is 0 Å². The number of nitrogens with zero attached hydrogens (tertiary/aromatic N) is 2. The molecule has 2 aromatic heterocycles. The van der Waals surface area contributed by atoms with Crippen molar-refractivity contribution in [3.05, 3.63) is 66.4 Å². The van der Waals surface area contributed by atoms with Gasteiger partial charge in [-0.2, -0.15) is 9.49 Å². The summed E-state index contributed by atoms with van der Waals surface area (Å²) < 4.78 is 13.4. The normalized spacial score (nSPS) is 10.3. The summed E-state index contributed by atoms with van der Waals surface area (Å²) in [5.74, 6) is -1.32. The summed E-state index contributed by atoms with van der Waals surface area (Å²) in [5, 5.41) is 9.35. The Morgan fingerprint density at radius 3 is 2.57 bits per heavy atom. The van der Waals surface area contributed by atoms with Crippen molar-refractivity contribution in [2.45, 2.75) is 0 Å². The Kier molecular flexibility index (Phi) is 3.42. The van der Waals surface area contributed by atoms with Crippen LogP contribution < -0.4 is 5.32 Å². The minimum absolute atomic E-state index is 0.0878. The number of benzene rings is 1. The molecule has 2 heterocycles. The first-order valence-corrected chi connectivity index (χ1v) is 6.26. The summed E-state index contributed by atoms with van der Waals surface area (Å²) in [6, 6.07) is 11.9. The van der Waals surface area contributed by atoms with Crippen LogP contribution in [-0.2, 0) is 0 Å². The van der Waals surface area contributed by atoms with E-state index in [1.165, 1.54) is 18.3 Å². The average molecular weight is 282 g/mol. The highest BCUT2D eigenvalue weighted by Gasteiger charge is 2.12. The molecule has 1 amide bonds. The van der Waals surface area contributed by atoms with Crippen LogP contribution in [0.4, 0.5) is 10.1 Å². The fraction of sp³-hybridized carbons (Fsp3) is 0. The van der Waals surface area contributed by atoms with Gasteiger partial charge in [0.05, 0.1) is 11.3 Å². The molecule has 3 rings (SSSR count). The van der Waals surface area contributed by atoms with Gasteiger partial charge < -0.3 is 5.32 Å². The molecule has 0 aliphatic rings. The zero-order valence-electron chi connectivity index (χ0n) is 10.9. The number of rotatable bonds is 3. The molecule has 0 spiro atoms. The van der Waals surface area contributed by atoms with E-state index in [1.54, 1.807) is 18.3 Å². The molecule has 0 atom stereocenters. The van der Waals surface area contributed by atoms with Crippen molar-refractivity contribution in [2.24, 2.45) is 0 Å². The van der Waals surface area contributed by atoms with Gasteiger partial charge >= 0.3 is 0 Å². The van der Waals surface area contributed by atoms with Crippen LogP contribution in [0.25, 0.3) is 11.3 Å². The number of carbonyl (C=O) groups is 1. The fourth-order valence-corrected chi connectivity index (χ4v) is 1.90. The number of halogens is 1. The molecule has 0 radical (unpaired) electrons.